The molecule has 7 heteroatoms. The average Bonchev–Trinajstić information content (AvgIpc) is 3.16. The predicted molar refractivity (Wildman–Crippen MR) is 101 cm³/mol. The number of hydrazone groups is 1. The number of aromatic nitrogens is 1. The van der Waals surface area contributed by atoms with E-state index in [-0.39, 0.29) is 11.5 Å². The Balaban J connectivity index is 1.74. The number of para-hydroxylation sites is 1. The van der Waals surface area contributed by atoms with Crippen molar-refractivity contribution in [2.24, 2.45) is 5.10 Å². The second kappa shape index (κ2) is 8.01. The summed E-state index contributed by atoms with van der Waals surface area (Å²) in [5.41, 5.74) is 4.57. The summed E-state index contributed by atoms with van der Waals surface area (Å²) >= 11 is 0. The Morgan fingerprint density at radius 3 is 2.52 bits per heavy atom. The molecule has 2 aromatic carbocycles. The average molecular weight is 363 g/mol. The van der Waals surface area contributed by atoms with Gasteiger partial charge in [0.2, 0.25) is 0 Å². The maximum absolute atomic E-state index is 12.2. The van der Waals surface area contributed by atoms with Gasteiger partial charge in [0.1, 0.15) is 5.75 Å². The van der Waals surface area contributed by atoms with Crippen LogP contribution in [0.25, 0.3) is 5.69 Å². The fourth-order valence-corrected chi connectivity index (χ4v) is 2.55. The number of nitrogens with one attached hydrogen (secondary N) is 1. The van der Waals surface area contributed by atoms with Gasteiger partial charge in [-0.2, -0.15) is 5.10 Å². The molecule has 0 fully saturated rings. The van der Waals surface area contributed by atoms with Crippen LogP contribution in [0.5, 0.6) is 5.75 Å². The van der Waals surface area contributed by atoms with Crippen LogP contribution in [0.1, 0.15) is 26.4 Å². The van der Waals surface area contributed by atoms with E-state index in [0.717, 1.165) is 11.4 Å². The summed E-state index contributed by atoms with van der Waals surface area (Å²) < 4.78 is 6.99. The Kier molecular flexibility index (Phi) is 5.32. The van der Waals surface area contributed by atoms with Crippen LogP contribution in [0, 0.1) is 0 Å². The molecule has 136 valence electrons. The number of ether oxygens (including phenoxy) is 1. The van der Waals surface area contributed by atoms with Crippen LogP contribution in [0.15, 0.2) is 72.0 Å². The molecule has 2 N–H and O–H groups in total. The minimum absolute atomic E-state index is 0.213. The van der Waals surface area contributed by atoms with E-state index < -0.39 is 5.97 Å². The molecule has 1 amide bonds. The molecule has 3 aromatic rings. The minimum Gasteiger partial charge on any atom is -0.496 e. The van der Waals surface area contributed by atoms with Crippen molar-refractivity contribution >= 4 is 18.1 Å². The summed E-state index contributed by atoms with van der Waals surface area (Å²) in [6, 6.07) is 17.0. The second-order valence-corrected chi connectivity index (χ2v) is 5.55. The van der Waals surface area contributed by atoms with Gasteiger partial charge < -0.3 is 14.4 Å². The maximum Gasteiger partial charge on any atom is 0.335 e. The van der Waals surface area contributed by atoms with Gasteiger partial charge in [-0.15, -0.1) is 0 Å². The molecule has 0 saturated heterocycles. The zero-order chi connectivity index (χ0) is 19.2. The van der Waals surface area contributed by atoms with Crippen LogP contribution in [0.3, 0.4) is 0 Å². The SMILES string of the molecule is COc1ccccc1C(=O)N/N=C\c1cccn1-c1ccc(C(=O)O)cc1. The Bertz CT molecular complexity index is 990. The van der Waals surface area contributed by atoms with Crippen molar-refractivity contribution in [3.05, 3.63) is 83.7 Å². The molecule has 0 saturated carbocycles. The van der Waals surface area contributed by atoms with Crippen LogP contribution >= 0.6 is 0 Å². The summed E-state index contributed by atoms with van der Waals surface area (Å²) in [5.74, 6) is -0.894. The fourth-order valence-electron chi connectivity index (χ4n) is 2.55. The monoisotopic (exact) mass is 363 g/mol. The van der Waals surface area contributed by atoms with Crippen LogP contribution < -0.4 is 10.2 Å². The zero-order valence-corrected chi connectivity index (χ0v) is 14.5. The minimum atomic E-state index is -0.977. The van der Waals surface area contributed by atoms with E-state index in [2.05, 4.69) is 10.5 Å². The lowest BCUT2D eigenvalue weighted by Crippen LogP contribution is -2.18. The number of nitrogens with zero attached hydrogens (tertiary/aromatic N) is 2. The number of carboxylic acids is 1. The molecule has 0 aliphatic rings. The standard InChI is InChI=1S/C20H17N3O4/c1-27-18-7-3-2-6-17(18)19(24)22-21-13-16-5-4-12-23(16)15-10-8-14(9-11-15)20(25)26/h2-13H,1H3,(H,22,24)(H,25,26)/b21-13-. The number of benzene rings is 2. The van der Waals surface area contributed by atoms with Crippen LogP contribution in [0.2, 0.25) is 0 Å². The normalized spacial score (nSPS) is 10.7. The molecule has 27 heavy (non-hydrogen) atoms. The smallest absolute Gasteiger partial charge is 0.335 e. The van der Waals surface area contributed by atoms with Crippen LogP contribution in [0.4, 0.5) is 0 Å². The molecular formula is C20H17N3O4. The van der Waals surface area contributed by atoms with Crippen molar-refractivity contribution in [1.82, 2.24) is 9.99 Å². The van der Waals surface area contributed by atoms with E-state index in [0.29, 0.717) is 11.3 Å². The van der Waals surface area contributed by atoms with Crippen molar-refractivity contribution in [2.45, 2.75) is 0 Å². The summed E-state index contributed by atoms with van der Waals surface area (Å²) in [7, 11) is 1.50. The fraction of sp³-hybridized carbons (Fsp3) is 0.0500. The van der Waals surface area contributed by atoms with Gasteiger partial charge in [0.05, 0.1) is 30.1 Å². The van der Waals surface area contributed by atoms with E-state index in [1.165, 1.54) is 25.5 Å². The highest BCUT2D eigenvalue weighted by molar-refractivity contribution is 5.97. The maximum atomic E-state index is 12.2. The number of carbonyl (C=O) groups is 2. The van der Waals surface area contributed by atoms with Crippen LogP contribution in [-0.4, -0.2) is 34.9 Å². The van der Waals surface area contributed by atoms with Crippen molar-refractivity contribution in [1.29, 1.82) is 0 Å². The van der Waals surface area contributed by atoms with E-state index >= 15 is 0 Å². The van der Waals surface area contributed by atoms with Gasteiger partial charge in [-0.1, -0.05) is 12.1 Å². The molecule has 1 aromatic heterocycles. The van der Waals surface area contributed by atoms with Gasteiger partial charge >= 0.3 is 5.97 Å². The highest BCUT2D eigenvalue weighted by atomic mass is 16.5. The lowest BCUT2D eigenvalue weighted by Gasteiger charge is -2.07. The molecule has 0 aliphatic heterocycles. The quantitative estimate of drug-likeness (QED) is 0.520. The van der Waals surface area contributed by atoms with E-state index in [9.17, 15) is 9.59 Å². The van der Waals surface area contributed by atoms with Gasteiger partial charge in [0, 0.05) is 11.9 Å². The third kappa shape index (κ3) is 4.04. The van der Waals surface area contributed by atoms with Gasteiger partial charge in [-0.05, 0) is 48.5 Å². The number of hydrogen-bond donors (Lipinski definition) is 2. The molecule has 0 radical (unpaired) electrons. The first kappa shape index (κ1) is 17.9. The third-order valence-electron chi connectivity index (χ3n) is 3.89. The molecule has 0 spiro atoms. The lowest BCUT2D eigenvalue weighted by atomic mass is 10.2. The molecule has 0 aliphatic carbocycles. The summed E-state index contributed by atoms with van der Waals surface area (Å²) in [5, 5.41) is 13.0. The summed E-state index contributed by atoms with van der Waals surface area (Å²) in [4.78, 5) is 23.2. The van der Waals surface area contributed by atoms with Crippen molar-refractivity contribution in [2.75, 3.05) is 7.11 Å². The molecule has 0 atom stereocenters. The first-order valence-electron chi connectivity index (χ1n) is 8.07. The highest BCUT2D eigenvalue weighted by Crippen LogP contribution is 2.17. The Labute approximate surface area is 155 Å². The van der Waals surface area contributed by atoms with Gasteiger partial charge in [-0.25, -0.2) is 10.2 Å². The molecule has 0 bridgehead atoms. The van der Waals surface area contributed by atoms with Gasteiger partial charge in [-0.3, -0.25) is 4.79 Å². The second-order valence-electron chi connectivity index (χ2n) is 5.55. The van der Waals surface area contributed by atoms with E-state index in [1.54, 1.807) is 36.4 Å². The number of hydrogen-bond acceptors (Lipinski definition) is 4. The first-order valence-corrected chi connectivity index (χ1v) is 8.07. The Hall–Kier alpha value is -3.87. The lowest BCUT2D eigenvalue weighted by molar-refractivity contribution is 0.0696. The predicted octanol–water partition coefficient (Wildman–Crippen LogP) is 2.95. The van der Waals surface area contributed by atoms with Crippen molar-refractivity contribution in [3.63, 3.8) is 0 Å². The van der Waals surface area contributed by atoms with Crippen molar-refractivity contribution in [3.8, 4) is 11.4 Å². The number of aromatic carboxylic acids is 1. The topological polar surface area (TPSA) is 92.9 Å². The first-order chi connectivity index (χ1) is 13.1. The van der Waals surface area contributed by atoms with Gasteiger partial charge in [0.15, 0.2) is 0 Å². The molecule has 0 unspecified atom stereocenters. The van der Waals surface area contributed by atoms with E-state index in [1.807, 2.05) is 22.9 Å². The molecule has 7 nitrogen and oxygen atoms in total. The largest absolute Gasteiger partial charge is 0.496 e. The Morgan fingerprint density at radius 2 is 1.81 bits per heavy atom. The number of carbonyl (C=O) groups excluding carboxylic acids is 1. The molecule has 3 rings (SSSR count). The molecule has 1 heterocycles. The molecular weight excluding hydrogens is 346 g/mol. The highest BCUT2D eigenvalue weighted by Gasteiger charge is 2.10. The summed E-state index contributed by atoms with van der Waals surface area (Å²) in [6.45, 7) is 0. The number of amides is 1. The van der Waals surface area contributed by atoms with Gasteiger partial charge in [0.25, 0.3) is 5.91 Å². The number of rotatable bonds is 6. The van der Waals surface area contributed by atoms with Crippen molar-refractivity contribution < 1.29 is 19.4 Å². The van der Waals surface area contributed by atoms with Crippen LogP contribution in [-0.2, 0) is 0 Å². The number of methoxy groups -OCH3 is 1. The Morgan fingerprint density at radius 1 is 1.07 bits per heavy atom. The summed E-state index contributed by atoms with van der Waals surface area (Å²) in [6.07, 6.45) is 3.33. The zero-order valence-electron chi connectivity index (χ0n) is 14.5. The van der Waals surface area contributed by atoms with E-state index in [4.69, 9.17) is 9.84 Å². The number of carboxylic acid groups (broad SMARTS) is 1. The third-order valence-corrected chi connectivity index (χ3v) is 3.89.